The van der Waals surface area contributed by atoms with E-state index in [1.54, 1.807) is 12.1 Å². The first-order chi connectivity index (χ1) is 13.5. The Kier molecular flexibility index (Phi) is 7.23. The first kappa shape index (κ1) is 20.6. The summed E-state index contributed by atoms with van der Waals surface area (Å²) in [6.07, 6.45) is 2.38. The molecule has 1 atom stereocenters. The molecule has 1 aliphatic heterocycles. The molecule has 0 unspecified atom stereocenters. The number of rotatable bonds is 7. The van der Waals surface area contributed by atoms with Crippen LogP contribution >= 0.6 is 12.2 Å². The lowest BCUT2D eigenvalue weighted by atomic mass is 10.1. The van der Waals surface area contributed by atoms with Crippen molar-refractivity contribution >= 4 is 23.0 Å². The van der Waals surface area contributed by atoms with E-state index in [2.05, 4.69) is 39.4 Å². The zero-order chi connectivity index (χ0) is 19.9. The minimum atomic E-state index is -0.229. The first-order valence-electron chi connectivity index (χ1n) is 9.66. The largest absolute Gasteiger partial charge is 0.378 e. The van der Waals surface area contributed by atoms with E-state index in [9.17, 15) is 4.39 Å². The molecule has 2 aromatic rings. The molecule has 1 aliphatic rings. The number of benzene rings is 2. The Bertz CT molecular complexity index is 758. The SMILES string of the molecule is CN(C)c1ccc(CN(C[C@@H]2CCCO2)C(=S)NCc2ccc(F)cc2)cc1. The Balaban J connectivity index is 1.64. The molecule has 6 heteroatoms. The van der Waals surface area contributed by atoms with Crippen LogP contribution in [0.1, 0.15) is 24.0 Å². The third kappa shape index (κ3) is 5.91. The van der Waals surface area contributed by atoms with E-state index in [-0.39, 0.29) is 11.9 Å². The highest BCUT2D eigenvalue weighted by Gasteiger charge is 2.21. The maximum absolute atomic E-state index is 13.1. The van der Waals surface area contributed by atoms with Gasteiger partial charge in [-0.2, -0.15) is 0 Å². The van der Waals surface area contributed by atoms with Crippen LogP contribution < -0.4 is 10.2 Å². The summed E-state index contributed by atoms with van der Waals surface area (Å²) in [5, 5.41) is 4.00. The monoisotopic (exact) mass is 401 g/mol. The minimum Gasteiger partial charge on any atom is -0.378 e. The van der Waals surface area contributed by atoms with E-state index in [1.165, 1.54) is 23.4 Å². The molecule has 0 spiro atoms. The number of hydrogen-bond acceptors (Lipinski definition) is 3. The van der Waals surface area contributed by atoms with Gasteiger partial charge in [0.25, 0.3) is 0 Å². The smallest absolute Gasteiger partial charge is 0.169 e. The van der Waals surface area contributed by atoms with Crippen LogP contribution in [0.15, 0.2) is 48.5 Å². The van der Waals surface area contributed by atoms with Crippen LogP contribution in [0.5, 0.6) is 0 Å². The van der Waals surface area contributed by atoms with Crippen molar-refractivity contribution in [1.29, 1.82) is 0 Å². The first-order valence-corrected chi connectivity index (χ1v) is 10.1. The second kappa shape index (κ2) is 9.85. The third-order valence-electron chi connectivity index (χ3n) is 4.92. The summed E-state index contributed by atoms with van der Waals surface area (Å²) in [5.74, 6) is -0.229. The minimum absolute atomic E-state index is 0.214. The lowest BCUT2D eigenvalue weighted by Gasteiger charge is -2.28. The molecule has 0 aromatic heterocycles. The lowest BCUT2D eigenvalue weighted by molar-refractivity contribution is 0.0897. The summed E-state index contributed by atoms with van der Waals surface area (Å²) in [4.78, 5) is 4.25. The van der Waals surface area contributed by atoms with Crippen molar-refractivity contribution in [3.63, 3.8) is 0 Å². The van der Waals surface area contributed by atoms with E-state index >= 15 is 0 Å². The fraction of sp³-hybridized carbons (Fsp3) is 0.409. The molecule has 28 heavy (non-hydrogen) atoms. The molecular weight excluding hydrogens is 373 g/mol. The standard InChI is InChI=1S/C22H28FN3OS/c1-25(2)20-11-7-18(8-12-20)15-26(16-21-4-3-13-27-21)22(28)24-14-17-5-9-19(23)10-6-17/h5-12,21H,3-4,13-16H2,1-2H3,(H,24,28)/t21-/m0/s1. The van der Waals surface area contributed by atoms with Crippen LogP contribution in [0.4, 0.5) is 10.1 Å². The second-order valence-electron chi connectivity index (χ2n) is 7.36. The molecule has 0 radical (unpaired) electrons. The molecule has 0 bridgehead atoms. The number of nitrogens with one attached hydrogen (secondary N) is 1. The summed E-state index contributed by atoms with van der Waals surface area (Å²) in [6, 6.07) is 15.0. The predicted molar refractivity (Wildman–Crippen MR) is 116 cm³/mol. The van der Waals surface area contributed by atoms with Crippen molar-refractivity contribution in [2.45, 2.75) is 32.0 Å². The quantitative estimate of drug-likeness (QED) is 0.710. The molecule has 0 aliphatic carbocycles. The molecule has 0 saturated carbocycles. The number of nitrogens with zero attached hydrogens (tertiary/aromatic N) is 2. The van der Waals surface area contributed by atoms with E-state index in [1.807, 2.05) is 14.1 Å². The normalized spacial score (nSPS) is 16.0. The van der Waals surface area contributed by atoms with Gasteiger partial charge < -0.3 is 19.9 Å². The molecule has 1 fully saturated rings. The Hall–Kier alpha value is -2.18. The maximum Gasteiger partial charge on any atom is 0.169 e. The van der Waals surface area contributed by atoms with Gasteiger partial charge in [0.2, 0.25) is 0 Å². The molecule has 2 aromatic carbocycles. The van der Waals surface area contributed by atoms with Gasteiger partial charge in [-0.1, -0.05) is 24.3 Å². The highest BCUT2D eigenvalue weighted by Crippen LogP contribution is 2.17. The molecular formula is C22H28FN3OS. The van der Waals surface area contributed by atoms with E-state index in [0.717, 1.165) is 38.1 Å². The molecule has 3 rings (SSSR count). The fourth-order valence-corrected chi connectivity index (χ4v) is 3.48. The van der Waals surface area contributed by atoms with E-state index < -0.39 is 0 Å². The summed E-state index contributed by atoms with van der Waals surface area (Å²) >= 11 is 5.68. The van der Waals surface area contributed by atoms with Gasteiger partial charge >= 0.3 is 0 Å². The number of anilines is 1. The molecule has 1 N–H and O–H groups in total. The average molecular weight is 402 g/mol. The Morgan fingerprint density at radius 1 is 1.11 bits per heavy atom. The average Bonchev–Trinajstić information content (AvgIpc) is 3.20. The second-order valence-corrected chi connectivity index (χ2v) is 7.75. The van der Waals surface area contributed by atoms with Crippen LogP contribution in [0.25, 0.3) is 0 Å². The zero-order valence-electron chi connectivity index (χ0n) is 16.5. The van der Waals surface area contributed by atoms with Crippen LogP contribution in [-0.4, -0.2) is 43.4 Å². The lowest BCUT2D eigenvalue weighted by Crippen LogP contribution is -2.42. The third-order valence-corrected chi connectivity index (χ3v) is 5.32. The van der Waals surface area contributed by atoms with Gasteiger partial charge in [0.05, 0.1) is 6.10 Å². The topological polar surface area (TPSA) is 27.7 Å². The number of hydrogen-bond donors (Lipinski definition) is 1. The van der Waals surface area contributed by atoms with Crippen molar-refractivity contribution in [3.05, 3.63) is 65.5 Å². The van der Waals surface area contributed by atoms with Gasteiger partial charge in [-0.15, -0.1) is 0 Å². The van der Waals surface area contributed by atoms with Crippen molar-refractivity contribution < 1.29 is 9.13 Å². The van der Waals surface area contributed by atoms with Crippen molar-refractivity contribution in [1.82, 2.24) is 10.2 Å². The van der Waals surface area contributed by atoms with Crippen LogP contribution in [-0.2, 0) is 17.8 Å². The summed E-state index contributed by atoms with van der Waals surface area (Å²) < 4.78 is 18.9. The number of thiocarbonyl (C=S) groups is 1. The number of halogens is 1. The number of ether oxygens (including phenoxy) is 1. The van der Waals surface area contributed by atoms with Crippen LogP contribution in [0.2, 0.25) is 0 Å². The summed E-state index contributed by atoms with van der Waals surface area (Å²) in [5.41, 5.74) is 3.37. The maximum atomic E-state index is 13.1. The highest BCUT2D eigenvalue weighted by atomic mass is 32.1. The van der Waals surface area contributed by atoms with Gasteiger partial charge in [-0.3, -0.25) is 0 Å². The zero-order valence-corrected chi connectivity index (χ0v) is 17.3. The van der Waals surface area contributed by atoms with Crippen molar-refractivity contribution in [2.75, 3.05) is 32.1 Å². The fourth-order valence-electron chi connectivity index (χ4n) is 3.27. The highest BCUT2D eigenvalue weighted by molar-refractivity contribution is 7.80. The Morgan fingerprint density at radius 3 is 2.39 bits per heavy atom. The molecule has 0 amide bonds. The van der Waals surface area contributed by atoms with Gasteiger partial charge in [0.1, 0.15) is 5.82 Å². The molecule has 1 saturated heterocycles. The van der Waals surface area contributed by atoms with Gasteiger partial charge in [0, 0.05) is 46.0 Å². The van der Waals surface area contributed by atoms with Crippen molar-refractivity contribution in [3.8, 4) is 0 Å². The summed E-state index contributed by atoms with van der Waals surface area (Å²) in [7, 11) is 4.07. The van der Waals surface area contributed by atoms with Gasteiger partial charge in [-0.05, 0) is 60.5 Å². The van der Waals surface area contributed by atoms with Gasteiger partial charge in [0.15, 0.2) is 5.11 Å². The van der Waals surface area contributed by atoms with Crippen LogP contribution in [0.3, 0.4) is 0 Å². The van der Waals surface area contributed by atoms with Gasteiger partial charge in [-0.25, -0.2) is 4.39 Å². The summed E-state index contributed by atoms with van der Waals surface area (Å²) in [6.45, 7) is 2.89. The van der Waals surface area contributed by atoms with E-state index in [4.69, 9.17) is 17.0 Å². The Labute approximate surface area is 172 Å². The predicted octanol–water partition coefficient (Wildman–Crippen LogP) is 3.95. The molecule has 1 heterocycles. The molecule has 4 nitrogen and oxygen atoms in total. The van der Waals surface area contributed by atoms with Crippen molar-refractivity contribution in [2.24, 2.45) is 0 Å². The van der Waals surface area contributed by atoms with Crippen LogP contribution in [0, 0.1) is 5.82 Å². The molecule has 150 valence electrons. The van der Waals surface area contributed by atoms with E-state index in [0.29, 0.717) is 11.7 Å². The Morgan fingerprint density at radius 2 is 1.79 bits per heavy atom.